The topological polar surface area (TPSA) is 78.4 Å². The predicted octanol–water partition coefficient (Wildman–Crippen LogP) is 1.29. The van der Waals surface area contributed by atoms with E-state index in [1.165, 1.54) is 18.5 Å². The Hall–Kier alpha value is -2.24. The molecule has 0 amide bonds. The van der Waals surface area contributed by atoms with Gasteiger partial charge in [0, 0.05) is 12.4 Å². The number of carbonyl (C=O) groups is 2. The molecule has 1 aromatic heterocycles. The van der Waals surface area contributed by atoms with Crippen molar-refractivity contribution >= 4 is 18.0 Å². The van der Waals surface area contributed by atoms with Gasteiger partial charge in [-0.05, 0) is 26.8 Å². The number of hydrogen-bond acceptors (Lipinski definition) is 6. The van der Waals surface area contributed by atoms with Crippen LogP contribution in [0.2, 0.25) is 0 Å². The molecule has 19 heavy (non-hydrogen) atoms. The molecule has 0 bridgehead atoms. The molecule has 0 aliphatic rings. The molecule has 0 aromatic carbocycles. The highest BCUT2D eigenvalue weighted by Crippen LogP contribution is 2.10. The first-order valence-electron chi connectivity index (χ1n) is 5.93. The van der Waals surface area contributed by atoms with Gasteiger partial charge in [-0.1, -0.05) is 0 Å². The van der Waals surface area contributed by atoms with Crippen molar-refractivity contribution in [2.24, 2.45) is 0 Å². The van der Waals surface area contributed by atoms with Crippen LogP contribution in [-0.4, -0.2) is 35.1 Å². The van der Waals surface area contributed by atoms with Crippen molar-refractivity contribution < 1.29 is 19.1 Å². The average Bonchev–Trinajstić information content (AvgIpc) is 2.38. The third-order valence-electron chi connectivity index (χ3n) is 2.19. The summed E-state index contributed by atoms with van der Waals surface area (Å²) in [6.45, 7) is 5.40. The van der Waals surface area contributed by atoms with E-state index in [2.05, 4.69) is 9.97 Å². The SMILES string of the molecule is CCOC(=O)C(=Cc1nccnc1C)C(=O)OCC. The maximum atomic E-state index is 11.7. The molecule has 0 unspecified atom stereocenters. The zero-order valence-electron chi connectivity index (χ0n) is 11.2. The van der Waals surface area contributed by atoms with E-state index in [1.807, 2.05) is 0 Å². The van der Waals surface area contributed by atoms with Crippen LogP contribution in [0.1, 0.15) is 25.2 Å². The van der Waals surface area contributed by atoms with Crippen LogP contribution in [0.25, 0.3) is 6.08 Å². The normalized spacial score (nSPS) is 9.63. The molecule has 6 heteroatoms. The zero-order chi connectivity index (χ0) is 14.3. The van der Waals surface area contributed by atoms with Gasteiger partial charge in [0.1, 0.15) is 5.57 Å². The summed E-state index contributed by atoms with van der Waals surface area (Å²) >= 11 is 0. The van der Waals surface area contributed by atoms with E-state index in [4.69, 9.17) is 9.47 Å². The Morgan fingerprint density at radius 1 is 1.11 bits per heavy atom. The first kappa shape index (κ1) is 14.8. The molecule has 0 fully saturated rings. The maximum absolute atomic E-state index is 11.7. The average molecular weight is 264 g/mol. The Bertz CT molecular complexity index is 477. The maximum Gasteiger partial charge on any atom is 0.345 e. The van der Waals surface area contributed by atoms with Crippen LogP contribution in [0, 0.1) is 6.92 Å². The van der Waals surface area contributed by atoms with E-state index in [0.29, 0.717) is 11.4 Å². The highest BCUT2D eigenvalue weighted by molar-refractivity contribution is 6.17. The summed E-state index contributed by atoms with van der Waals surface area (Å²) < 4.78 is 9.65. The van der Waals surface area contributed by atoms with E-state index in [0.717, 1.165) is 0 Å². The number of aromatic nitrogens is 2. The summed E-state index contributed by atoms with van der Waals surface area (Å²) in [5.74, 6) is -1.46. The largest absolute Gasteiger partial charge is 0.462 e. The molecule has 0 spiro atoms. The Morgan fingerprint density at radius 2 is 1.63 bits per heavy atom. The zero-order valence-corrected chi connectivity index (χ0v) is 11.2. The van der Waals surface area contributed by atoms with Crippen LogP contribution in [0.5, 0.6) is 0 Å². The van der Waals surface area contributed by atoms with E-state index in [9.17, 15) is 9.59 Å². The number of nitrogens with zero attached hydrogens (tertiary/aromatic N) is 2. The van der Waals surface area contributed by atoms with Crippen molar-refractivity contribution in [3.05, 3.63) is 29.4 Å². The summed E-state index contributed by atoms with van der Waals surface area (Å²) in [5, 5.41) is 0. The molecule has 1 rings (SSSR count). The molecule has 0 saturated carbocycles. The smallest absolute Gasteiger partial charge is 0.345 e. The number of aryl methyl sites for hydroxylation is 1. The summed E-state index contributed by atoms with van der Waals surface area (Å²) in [5.41, 5.74) is 0.847. The third kappa shape index (κ3) is 4.17. The van der Waals surface area contributed by atoms with Crippen molar-refractivity contribution in [3.63, 3.8) is 0 Å². The molecular weight excluding hydrogens is 248 g/mol. The molecule has 0 radical (unpaired) electrons. The molecule has 0 saturated heterocycles. The van der Waals surface area contributed by atoms with Gasteiger partial charge in [0.2, 0.25) is 0 Å². The fraction of sp³-hybridized carbons (Fsp3) is 0.385. The molecule has 0 N–H and O–H groups in total. The van der Waals surface area contributed by atoms with Gasteiger partial charge in [0.15, 0.2) is 0 Å². The molecule has 1 heterocycles. The van der Waals surface area contributed by atoms with E-state index in [-0.39, 0.29) is 18.8 Å². The molecular formula is C13H16N2O4. The van der Waals surface area contributed by atoms with Gasteiger partial charge in [0.25, 0.3) is 0 Å². The number of esters is 2. The highest BCUT2D eigenvalue weighted by Gasteiger charge is 2.21. The summed E-state index contributed by atoms with van der Waals surface area (Å²) in [7, 11) is 0. The summed E-state index contributed by atoms with van der Waals surface area (Å²) in [6, 6.07) is 0. The van der Waals surface area contributed by atoms with Gasteiger partial charge >= 0.3 is 11.9 Å². The van der Waals surface area contributed by atoms with Gasteiger partial charge < -0.3 is 9.47 Å². The van der Waals surface area contributed by atoms with E-state index in [1.54, 1.807) is 20.8 Å². The summed E-state index contributed by atoms with van der Waals surface area (Å²) in [4.78, 5) is 31.6. The molecule has 0 atom stereocenters. The van der Waals surface area contributed by atoms with Crippen molar-refractivity contribution in [1.82, 2.24) is 9.97 Å². The van der Waals surface area contributed by atoms with Crippen LogP contribution < -0.4 is 0 Å². The molecule has 102 valence electrons. The van der Waals surface area contributed by atoms with Gasteiger partial charge in [-0.2, -0.15) is 0 Å². The quantitative estimate of drug-likeness (QED) is 0.345. The predicted molar refractivity (Wildman–Crippen MR) is 68.0 cm³/mol. The lowest BCUT2D eigenvalue weighted by Gasteiger charge is -2.06. The van der Waals surface area contributed by atoms with E-state index >= 15 is 0 Å². The van der Waals surface area contributed by atoms with Crippen LogP contribution in [0.4, 0.5) is 0 Å². The van der Waals surface area contributed by atoms with Crippen molar-refractivity contribution in [3.8, 4) is 0 Å². The Kier molecular flexibility index (Phi) is 5.66. The number of ether oxygens (including phenoxy) is 2. The van der Waals surface area contributed by atoms with Crippen LogP contribution >= 0.6 is 0 Å². The Morgan fingerprint density at radius 3 is 2.11 bits per heavy atom. The summed E-state index contributed by atoms with van der Waals surface area (Å²) in [6.07, 6.45) is 4.34. The van der Waals surface area contributed by atoms with Gasteiger partial charge in [-0.3, -0.25) is 9.97 Å². The number of rotatable bonds is 5. The minimum atomic E-state index is -0.731. The fourth-order valence-corrected chi connectivity index (χ4v) is 1.32. The molecule has 0 aliphatic heterocycles. The van der Waals surface area contributed by atoms with Gasteiger partial charge in [-0.15, -0.1) is 0 Å². The second-order valence-electron chi connectivity index (χ2n) is 3.53. The van der Waals surface area contributed by atoms with Gasteiger partial charge in [0.05, 0.1) is 24.6 Å². The number of carbonyl (C=O) groups excluding carboxylic acids is 2. The first-order chi connectivity index (χ1) is 9.10. The first-order valence-corrected chi connectivity index (χ1v) is 5.93. The molecule has 6 nitrogen and oxygen atoms in total. The lowest BCUT2D eigenvalue weighted by molar-refractivity contribution is -0.146. The van der Waals surface area contributed by atoms with Crippen LogP contribution in [0.3, 0.4) is 0 Å². The molecule has 1 aromatic rings. The lowest BCUT2D eigenvalue weighted by Crippen LogP contribution is -2.18. The van der Waals surface area contributed by atoms with Crippen molar-refractivity contribution in [1.29, 1.82) is 0 Å². The lowest BCUT2D eigenvalue weighted by atomic mass is 10.2. The second kappa shape index (κ2) is 7.25. The minimum absolute atomic E-state index is 0.176. The monoisotopic (exact) mass is 264 g/mol. The fourth-order valence-electron chi connectivity index (χ4n) is 1.32. The number of hydrogen-bond donors (Lipinski definition) is 0. The van der Waals surface area contributed by atoms with Crippen molar-refractivity contribution in [2.45, 2.75) is 20.8 Å². The van der Waals surface area contributed by atoms with Crippen LogP contribution in [-0.2, 0) is 19.1 Å². The third-order valence-corrected chi connectivity index (χ3v) is 2.19. The minimum Gasteiger partial charge on any atom is -0.462 e. The van der Waals surface area contributed by atoms with E-state index < -0.39 is 11.9 Å². The van der Waals surface area contributed by atoms with Gasteiger partial charge in [-0.25, -0.2) is 9.59 Å². The Labute approximate surface area is 111 Å². The van der Waals surface area contributed by atoms with Crippen LogP contribution in [0.15, 0.2) is 18.0 Å². The second-order valence-corrected chi connectivity index (χ2v) is 3.53. The Balaban J connectivity index is 3.12. The molecule has 0 aliphatic carbocycles. The standard InChI is InChI=1S/C13H16N2O4/c1-4-18-12(16)10(13(17)19-5-2)8-11-9(3)14-6-7-15-11/h6-8H,4-5H2,1-3H3. The highest BCUT2D eigenvalue weighted by atomic mass is 16.6. The van der Waals surface area contributed by atoms with Crippen molar-refractivity contribution in [2.75, 3.05) is 13.2 Å².